The maximum Gasteiger partial charge on any atom is 0.222 e. The summed E-state index contributed by atoms with van der Waals surface area (Å²) < 4.78 is 0. The number of halogens is 1. The lowest BCUT2D eigenvalue weighted by Gasteiger charge is -2.39. The Bertz CT molecular complexity index is 1250. The fraction of sp³-hybridized carbons (Fsp3) is 0.333. The summed E-state index contributed by atoms with van der Waals surface area (Å²) in [5.41, 5.74) is 7.97. The van der Waals surface area contributed by atoms with Gasteiger partial charge in [0, 0.05) is 54.3 Å². The number of nitrogens with zero attached hydrogens (tertiary/aromatic N) is 4. The Balaban J connectivity index is 1.24. The summed E-state index contributed by atoms with van der Waals surface area (Å²) in [6.07, 6.45) is 7.52. The number of benzene rings is 1. The van der Waals surface area contributed by atoms with Gasteiger partial charge in [0.25, 0.3) is 0 Å². The average Bonchev–Trinajstić information content (AvgIpc) is 3.51. The van der Waals surface area contributed by atoms with Gasteiger partial charge in [-0.05, 0) is 36.6 Å². The van der Waals surface area contributed by atoms with E-state index in [0.717, 1.165) is 40.5 Å². The van der Waals surface area contributed by atoms with Gasteiger partial charge in [-0.2, -0.15) is 0 Å². The van der Waals surface area contributed by atoms with E-state index in [0.29, 0.717) is 24.3 Å². The molecule has 4 N–H and O–H groups in total. The minimum atomic E-state index is -0.559. The second-order valence-electron chi connectivity index (χ2n) is 8.77. The molecule has 3 aromatic heterocycles. The monoisotopic (exact) mass is 495 g/mol. The largest absolute Gasteiger partial charge is 0.356 e. The first kappa shape index (κ1) is 22.8. The molecule has 1 aliphatic heterocycles. The summed E-state index contributed by atoms with van der Waals surface area (Å²) in [6.45, 7) is 1.47. The van der Waals surface area contributed by atoms with Crippen molar-refractivity contribution in [2.24, 2.45) is 5.73 Å². The van der Waals surface area contributed by atoms with Gasteiger partial charge in [-0.15, -0.1) is 11.3 Å². The molecular formula is C24H26ClN7OS. The summed E-state index contributed by atoms with van der Waals surface area (Å²) in [7, 11) is 0. The zero-order chi connectivity index (χ0) is 23.5. The van der Waals surface area contributed by atoms with E-state index < -0.39 is 5.54 Å². The maximum absolute atomic E-state index is 13.1. The molecule has 0 spiro atoms. The van der Waals surface area contributed by atoms with Crippen LogP contribution in [-0.4, -0.2) is 44.5 Å². The standard InChI is InChI=1S/C24H26ClN7OS/c25-17-3-1-16(2-4-17)19(13-21-27-9-12-34-21)31-20(33)14-24(26)6-10-32(11-7-24)23-18-5-8-28-22(18)29-15-30-23/h1-5,8-9,12,15,19H,6-7,10-11,13-14,26H2,(H,31,33)(H,28,29,30). The SMILES string of the molecule is NC1(CC(=O)NC(Cc2nccs2)c2ccc(Cl)cc2)CCN(c2ncnc3[nH]ccc23)CC1. The smallest absolute Gasteiger partial charge is 0.222 e. The molecule has 0 aliphatic carbocycles. The van der Waals surface area contributed by atoms with Crippen molar-refractivity contribution in [1.29, 1.82) is 0 Å². The third-order valence-corrected chi connectivity index (χ3v) is 7.43. The summed E-state index contributed by atoms with van der Waals surface area (Å²) in [6, 6.07) is 9.37. The number of hydrogen-bond donors (Lipinski definition) is 3. The topological polar surface area (TPSA) is 113 Å². The molecule has 1 aliphatic rings. The number of carbonyl (C=O) groups excluding carboxylic acids is 1. The Hall–Kier alpha value is -3.01. The van der Waals surface area contributed by atoms with E-state index in [-0.39, 0.29) is 18.4 Å². The molecule has 10 heteroatoms. The predicted molar refractivity (Wildman–Crippen MR) is 135 cm³/mol. The Morgan fingerprint density at radius 2 is 2.00 bits per heavy atom. The van der Waals surface area contributed by atoms with Crippen molar-refractivity contribution in [3.8, 4) is 0 Å². The maximum atomic E-state index is 13.1. The zero-order valence-corrected chi connectivity index (χ0v) is 20.1. The van der Waals surface area contributed by atoms with Crippen LogP contribution in [0.5, 0.6) is 0 Å². The summed E-state index contributed by atoms with van der Waals surface area (Å²) >= 11 is 7.65. The van der Waals surface area contributed by atoms with Crippen LogP contribution in [0.2, 0.25) is 5.02 Å². The van der Waals surface area contributed by atoms with Gasteiger partial charge in [0.05, 0.1) is 16.4 Å². The second kappa shape index (κ2) is 9.69. The highest BCUT2D eigenvalue weighted by Gasteiger charge is 2.34. The van der Waals surface area contributed by atoms with Crippen molar-refractivity contribution >= 4 is 45.7 Å². The van der Waals surface area contributed by atoms with Crippen LogP contribution in [0.15, 0.2) is 54.4 Å². The summed E-state index contributed by atoms with van der Waals surface area (Å²) in [5.74, 6) is 0.853. The number of carbonyl (C=O) groups is 1. The van der Waals surface area contributed by atoms with Gasteiger partial charge in [0.2, 0.25) is 5.91 Å². The van der Waals surface area contributed by atoms with Crippen LogP contribution < -0.4 is 16.0 Å². The number of aromatic nitrogens is 4. The Morgan fingerprint density at radius 1 is 1.21 bits per heavy atom. The van der Waals surface area contributed by atoms with Crippen LogP contribution in [0.3, 0.4) is 0 Å². The highest BCUT2D eigenvalue weighted by molar-refractivity contribution is 7.09. The van der Waals surface area contributed by atoms with Crippen LogP contribution in [0.25, 0.3) is 11.0 Å². The van der Waals surface area contributed by atoms with Gasteiger partial charge < -0.3 is 20.9 Å². The lowest BCUT2D eigenvalue weighted by Crippen LogP contribution is -2.53. The molecule has 5 rings (SSSR count). The first-order chi connectivity index (χ1) is 16.5. The minimum Gasteiger partial charge on any atom is -0.356 e. The number of rotatable bonds is 7. The van der Waals surface area contributed by atoms with Crippen molar-refractivity contribution in [1.82, 2.24) is 25.3 Å². The fourth-order valence-corrected chi connectivity index (χ4v) is 5.28. The number of nitrogens with two attached hydrogens (primary N) is 1. The van der Waals surface area contributed by atoms with Crippen LogP contribution in [0.1, 0.15) is 35.9 Å². The lowest BCUT2D eigenvalue weighted by atomic mass is 9.85. The number of aromatic amines is 1. The van der Waals surface area contributed by atoms with E-state index in [4.69, 9.17) is 17.3 Å². The Kier molecular flexibility index (Phi) is 6.49. The Labute approximate surface area is 206 Å². The predicted octanol–water partition coefficient (Wildman–Crippen LogP) is 3.86. The molecule has 1 atom stereocenters. The van der Waals surface area contributed by atoms with Crippen molar-refractivity contribution in [2.75, 3.05) is 18.0 Å². The number of piperidine rings is 1. The van der Waals surface area contributed by atoms with Gasteiger partial charge >= 0.3 is 0 Å². The molecule has 4 heterocycles. The molecule has 1 amide bonds. The third kappa shape index (κ3) is 5.06. The van der Waals surface area contributed by atoms with Gasteiger partial charge in [0.15, 0.2) is 0 Å². The van der Waals surface area contributed by atoms with Crippen molar-refractivity contribution in [3.05, 3.63) is 70.0 Å². The van der Waals surface area contributed by atoms with Crippen molar-refractivity contribution < 1.29 is 4.79 Å². The molecule has 1 fully saturated rings. The van der Waals surface area contributed by atoms with E-state index in [1.165, 1.54) is 0 Å². The molecule has 34 heavy (non-hydrogen) atoms. The van der Waals surface area contributed by atoms with Crippen LogP contribution in [0, 0.1) is 0 Å². The van der Waals surface area contributed by atoms with Crippen molar-refractivity contribution in [2.45, 2.75) is 37.3 Å². The van der Waals surface area contributed by atoms with Crippen molar-refractivity contribution in [3.63, 3.8) is 0 Å². The molecule has 4 aromatic rings. The van der Waals surface area contributed by atoms with Crippen LogP contribution >= 0.6 is 22.9 Å². The van der Waals surface area contributed by atoms with E-state index >= 15 is 0 Å². The molecule has 0 saturated carbocycles. The van der Waals surface area contributed by atoms with Gasteiger partial charge in [-0.1, -0.05) is 23.7 Å². The first-order valence-corrected chi connectivity index (χ1v) is 12.5. The molecule has 1 saturated heterocycles. The molecule has 176 valence electrons. The van der Waals surface area contributed by atoms with E-state index in [1.807, 2.05) is 41.9 Å². The third-order valence-electron chi connectivity index (χ3n) is 6.37. The van der Waals surface area contributed by atoms with Crippen LogP contribution in [0.4, 0.5) is 5.82 Å². The average molecular weight is 496 g/mol. The van der Waals surface area contributed by atoms with E-state index in [1.54, 1.807) is 23.9 Å². The van der Waals surface area contributed by atoms with Gasteiger partial charge in [-0.25, -0.2) is 15.0 Å². The highest BCUT2D eigenvalue weighted by atomic mass is 35.5. The number of H-pyrrole nitrogens is 1. The molecule has 0 bridgehead atoms. The minimum absolute atomic E-state index is 0.0532. The number of anilines is 1. The second-order valence-corrected chi connectivity index (χ2v) is 10.2. The number of hydrogen-bond acceptors (Lipinski definition) is 7. The lowest BCUT2D eigenvalue weighted by molar-refractivity contribution is -0.123. The number of thiazole rings is 1. The zero-order valence-electron chi connectivity index (χ0n) is 18.6. The van der Waals surface area contributed by atoms with E-state index in [2.05, 4.69) is 30.2 Å². The molecule has 1 unspecified atom stereocenters. The van der Waals surface area contributed by atoms with E-state index in [9.17, 15) is 4.79 Å². The summed E-state index contributed by atoms with van der Waals surface area (Å²) in [4.78, 5) is 31.6. The quantitative estimate of drug-likeness (QED) is 0.359. The number of nitrogens with one attached hydrogen (secondary N) is 2. The molecule has 8 nitrogen and oxygen atoms in total. The number of amides is 1. The van der Waals surface area contributed by atoms with Gasteiger partial charge in [-0.3, -0.25) is 4.79 Å². The number of fused-ring (bicyclic) bond motifs is 1. The fourth-order valence-electron chi connectivity index (χ4n) is 4.49. The van der Waals surface area contributed by atoms with Gasteiger partial charge in [0.1, 0.15) is 17.8 Å². The first-order valence-electron chi connectivity index (χ1n) is 11.2. The molecule has 0 radical (unpaired) electrons. The Morgan fingerprint density at radius 3 is 2.74 bits per heavy atom. The highest BCUT2D eigenvalue weighted by Crippen LogP contribution is 2.30. The van der Waals surface area contributed by atoms with Crippen LogP contribution in [-0.2, 0) is 11.2 Å². The molecular weight excluding hydrogens is 470 g/mol. The summed E-state index contributed by atoms with van der Waals surface area (Å²) in [5, 5.41) is 7.77. The molecule has 1 aromatic carbocycles. The normalized spacial score (nSPS) is 16.5.